The normalized spacial score (nSPS) is 14.8. The number of carbonyl (C=O) groups excluding carboxylic acids is 1. The first-order valence-electron chi connectivity index (χ1n) is 10.4. The number of rotatable bonds is 8. The van der Waals surface area contributed by atoms with Gasteiger partial charge in [0.25, 0.3) is 5.91 Å². The summed E-state index contributed by atoms with van der Waals surface area (Å²) in [7, 11) is -3.50. The topological polar surface area (TPSA) is 101 Å². The van der Waals surface area contributed by atoms with Gasteiger partial charge in [0.15, 0.2) is 0 Å². The van der Waals surface area contributed by atoms with Crippen molar-refractivity contribution in [2.24, 2.45) is 0 Å². The van der Waals surface area contributed by atoms with Crippen LogP contribution in [0.4, 0.5) is 0 Å². The van der Waals surface area contributed by atoms with Gasteiger partial charge < -0.3 is 10.1 Å². The molecule has 0 radical (unpaired) electrons. The molecule has 3 aromatic rings. The molecule has 168 valence electrons. The van der Waals surface area contributed by atoms with Gasteiger partial charge in [0.05, 0.1) is 16.3 Å². The molecule has 8 nitrogen and oxygen atoms in total. The zero-order valence-electron chi connectivity index (χ0n) is 17.4. The van der Waals surface area contributed by atoms with Crippen LogP contribution in [-0.2, 0) is 10.0 Å². The molecule has 1 aliphatic heterocycles. The number of hydrogen-bond acceptors (Lipinski definition) is 7. The Morgan fingerprint density at radius 1 is 1.03 bits per heavy atom. The van der Waals surface area contributed by atoms with E-state index in [0.29, 0.717) is 24.5 Å². The van der Waals surface area contributed by atoms with E-state index in [2.05, 4.69) is 15.5 Å². The summed E-state index contributed by atoms with van der Waals surface area (Å²) in [5.41, 5.74) is 1.18. The molecule has 1 aromatic carbocycles. The Bertz CT molecular complexity index is 1130. The van der Waals surface area contributed by atoms with Crippen LogP contribution >= 0.6 is 11.3 Å². The molecule has 0 spiro atoms. The summed E-state index contributed by atoms with van der Waals surface area (Å²) in [5.74, 6) is 0.0847. The third-order valence-corrected chi connectivity index (χ3v) is 7.93. The molecule has 0 aliphatic carbocycles. The molecular weight excluding hydrogens is 448 g/mol. The molecule has 10 heteroatoms. The number of nitrogens with one attached hydrogen (secondary N) is 1. The highest BCUT2D eigenvalue weighted by atomic mass is 32.2. The molecule has 0 atom stereocenters. The van der Waals surface area contributed by atoms with Crippen molar-refractivity contribution in [1.82, 2.24) is 19.8 Å². The summed E-state index contributed by atoms with van der Waals surface area (Å²) in [6.07, 6.45) is 2.82. The number of piperidine rings is 1. The van der Waals surface area contributed by atoms with Gasteiger partial charge in [0.1, 0.15) is 12.3 Å². The number of ether oxygens (including phenoxy) is 1. The molecular formula is C22H24N4O4S2. The van der Waals surface area contributed by atoms with Crippen LogP contribution in [0.1, 0.15) is 29.6 Å². The monoisotopic (exact) mass is 472 g/mol. The van der Waals surface area contributed by atoms with Gasteiger partial charge >= 0.3 is 0 Å². The van der Waals surface area contributed by atoms with Crippen LogP contribution in [0.2, 0.25) is 0 Å². The van der Waals surface area contributed by atoms with Gasteiger partial charge in [-0.05, 0) is 54.6 Å². The van der Waals surface area contributed by atoms with E-state index in [4.69, 9.17) is 4.74 Å². The molecule has 4 rings (SSSR count). The van der Waals surface area contributed by atoms with Crippen LogP contribution < -0.4 is 10.1 Å². The number of sulfonamides is 1. The smallest absolute Gasteiger partial charge is 0.251 e. The van der Waals surface area contributed by atoms with Crippen molar-refractivity contribution in [2.45, 2.75) is 24.2 Å². The average Bonchev–Trinajstić information content (AvgIpc) is 3.38. The first kappa shape index (κ1) is 22.4. The maximum atomic E-state index is 12.7. The molecule has 1 amide bonds. The van der Waals surface area contributed by atoms with Gasteiger partial charge in [-0.15, -0.1) is 21.5 Å². The second-order valence-corrected chi connectivity index (χ2v) is 10.2. The predicted octanol–water partition coefficient (Wildman–Crippen LogP) is 3.19. The van der Waals surface area contributed by atoms with Crippen molar-refractivity contribution in [3.8, 4) is 16.5 Å². The molecule has 1 N–H and O–H groups in total. The van der Waals surface area contributed by atoms with Gasteiger partial charge in [-0.1, -0.05) is 12.5 Å². The SMILES string of the molecule is O=C(NCCOc1ccc(-c2cccs2)nn1)c1ccc(S(=O)(=O)N2CCCCC2)cc1. The van der Waals surface area contributed by atoms with Gasteiger partial charge in [0.2, 0.25) is 15.9 Å². The van der Waals surface area contributed by atoms with Crippen molar-refractivity contribution in [2.75, 3.05) is 26.2 Å². The minimum absolute atomic E-state index is 0.212. The summed E-state index contributed by atoms with van der Waals surface area (Å²) < 4.78 is 32.4. The Labute approximate surface area is 191 Å². The van der Waals surface area contributed by atoms with Crippen molar-refractivity contribution >= 4 is 27.3 Å². The number of aromatic nitrogens is 2. The Morgan fingerprint density at radius 2 is 1.81 bits per heavy atom. The molecule has 1 fully saturated rings. The van der Waals surface area contributed by atoms with Crippen molar-refractivity contribution in [1.29, 1.82) is 0 Å². The third-order valence-electron chi connectivity index (χ3n) is 5.12. The summed E-state index contributed by atoms with van der Waals surface area (Å²) >= 11 is 1.59. The average molecular weight is 473 g/mol. The minimum Gasteiger partial charge on any atom is -0.475 e. The van der Waals surface area contributed by atoms with E-state index in [-0.39, 0.29) is 24.0 Å². The summed E-state index contributed by atoms with van der Waals surface area (Å²) in [5, 5.41) is 12.9. The summed E-state index contributed by atoms with van der Waals surface area (Å²) in [6, 6.07) is 13.5. The Morgan fingerprint density at radius 3 is 2.47 bits per heavy atom. The maximum Gasteiger partial charge on any atom is 0.251 e. The van der Waals surface area contributed by atoms with E-state index in [0.717, 1.165) is 29.8 Å². The van der Waals surface area contributed by atoms with Gasteiger partial charge in [-0.3, -0.25) is 4.79 Å². The fourth-order valence-corrected chi connectivity index (χ4v) is 5.62. The molecule has 0 unspecified atom stereocenters. The Hall–Kier alpha value is -2.82. The highest BCUT2D eigenvalue weighted by Crippen LogP contribution is 2.23. The lowest BCUT2D eigenvalue weighted by molar-refractivity contribution is 0.0946. The maximum absolute atomic E-state index is 12.7. The first-order valence-corrected chi connectivity index (χ1v) is 12.7. The summed E-state index contributed by atoms with van der Waals surface area (Å²) in [4.78, 5) is 13.6. The molecule has 32 heavy (non-hydrogen) atoms. The van der Waals surface area contributed by atoms with Crippen LogP contribution in [0.25, 0.3) is 10.6 Å². The van der Waals surface area contributed by atoms with Gasteiger partial charge in [-0.25, -0.2) is 8.42 Å². The van der Waals surface area contributed by atoms with Gasteiger partial charge in [0, 0.05) is 24.7 Å². The molecule has 1 aliphatic rings. The lowest BCUT2D eigenvalue weighted by Crippen LogP contribution is -2.35. The molecule has 0 bridgehead atoms. The predicted molar refractivity (Wildman–Crippen MR) is 122 cm³/mol. The second-order valence-electron chi connectivity index (χ2n) is 7.33. The highest BCUT2D eigenvalue weighted by molar-refractivity contribution is 7.89. The second kappa shape index (κ2) is 10.2. The van der Waals surface area contributed by atoms with Crippen molar-refractivity contribution in [3.05, 3.63) is 59.5 Å². The standard InChI is InChI=1S/C22H24N4O4S2/c27-22(17-6-8-18(9-7-17)32(28,29)26-13-2-1-3-14-26)23-12-15-30-21-11-10-19(24-25-21)20-5-4-16-31-20/h4-11,16H,1-3,12-15H2,(H,23,27). The van der Waals surface area contributed by atoms with Gasteiger partial charge in [-0.2, -0.15) is 4.31 Å². The van der Waals surface area contributed by atoms with E-state index in [9.17, 15) is 13.2 Å². The van der Waals surface area contributed by atoms with Crippen LogP contribution in [0.3, 0.4) is 0 Å². The summed E-state index contributed by atoms with van der Waals surface area (Å²) in [6.45, 7) is 1.61. The number of nitrogens with zero attached hydrogens (tertiary/aromatic N) is 3. The lowest BCUT2D eigenvalue weighted by Gasteiger charge is -2.25. The quantitative estimate of drug-likeness (QED) is 0.505. The van der Waals surface area contributed by atoms with Crippen LogP contribution in [-0.4, -0.2) is 55.1 Å². The first-order chi connectivity index (χ1) is 15.5. The Kier molecular flexibility index (Phi) is 7.13. The zero-order chi connectivity index (χ0) is 22.4. The number of benzene rings is 1. The number of thiophene rings is 1. The number of hydrogen-bond donors (Lipinski definition) is 1. The molecule has 3 heterocycles. The van der Waals surface area contributed by atoms with E-state index in [1.54, 1.807) is 17.4 Å². The van der Waals surface area contributed by atoms with Crippen LogP contribution in [0.5, 0.6) is 5.88 Å². The van der Waals surface area contributed by atoms with E-state index in [1.165, 1.54) is 28.6 Å². The fourth-order valence-electron chi connectivity index (χ4n) is 3.41. The van der Waals surface area contributed by atoms with Crippen LogP contribution in [0, 0.1) is 0 Å². The fraction of sp³-hybridized carbons (Fsp3) is 0.318. The minimum atomic E-state index is -3.50. The third kappa shape index (κ3) is 5.32. The number of amides is 1. The molecule has 2 aromatic heterocycles. The van der Waals surface area contributed by atoms with E-state index >= 15 is 0 Å². The lowest BCUT2D eigenvalue weighted by atomic mass is 10.2. The van der Waals surface area contributed by atoms with Crippen molar-refractivity contribution in [3.63, 3.8) is 0 Å². The number of carbonyl (C=O) groups is 1. The molecule has 1 saturated heterocycles. The van der Waals surface area contributed by atoms with E-state index in [1.807, 2.05) is 23.6 Å². The van der Waals surface area contributed by atoms with Crippen molar-refractivity contribution < 1.29 is 17.9 Å². The molecule has 0 saturated carbocycles. The zero-order valence-corrected chi connectivity index (χ0v) is 19.1. The Balaban J connectivity index is 1.25. The van der Waals surface area contributed by atoms with E-state index < -0.39 is 10.0 Å². The van der Waals surface area contributed by atoms with Crippen LogP contribution in [0.15, 0.2) is 58.8 Å². The largest absolute Gasteiger partial charge is 0.475 e. The highest BCUT2D eigenvalue weighted by Gasteiger charge is 2.25.